The van der Waals surface area contributed by atoms with Crippen molar-refractivity contribution < 1.29 is 4.79 Å². The van der Waals surface area contributed by atoms with Crippen LogP contribution in [0.1, 0.15) is 4.88 Å². The first kappa shape index (κ1) is 14.3. The van der Waals surface area contributed by atoms with Gasteiger partial charge < -0.3 is 4.57 Å². The number of thiophene rings is 1. The molecule has 1 aromatic carbocycles. The van der Waals surface area contributed by atoms with E-state index in [1.807, 2.05) is 47.3 Å². The second-order valence-electron chi connectivity index (χ2n) is 4.35. The molecule has 3 aromatic rings. The minimum atomic E-state index is -0.267. The van der Waals surface area contributed by atoms with E-state index in [-0.39, 0.29) is 5.91 Å². The van der Waals surface area contributed by atoms with Crippen molar-refractivity contribution in [1.29, 1.82) is 0 Å². The van der Waals surface area contributed by atoms with E-state index in [2.05, 4.69) is 4.99 Å². The zero-order valence-corrected chi connectivity index (χ0v) is 13.5. The quantitative estimate of drug-likeness (QED) is 0.650. The van der Waals surface area contributed by atoms with E-state index >= 15 is 0 Å². The number of benzene rings is 1. The van der Waals surface area contributed by atoms with Gasteiger partial charge in [0.2, 0.25) is 0 Å². The molecule has 0 bridgehead atoms. The highest BCUT2D eigenvalue weighted by Gasteiger charge is 2.04. The number of carbonyl (C=O) groups excluding carboxylic acids is 1. The molecule has 0 aliphatic rings. The van der Waals surface area contributed by atoms with Gasteiger partial charge in [0.25, 0.3) is 5.91 Å². The van der Waals surface area contributed by atoms with Crippen molar-refractivity contribution in [3.63, 3.8) is 0 Å². The van der Waals surface area contributed by atoms with Crippen LogP contribution >= 0.6 is 34.3 Å². The molecule has 6 heteroatoms. The van der Waals surface area contributed by atoms with Gasteiger partial charge in [0.05, 0.1) is 10.2 Å². The van der Waals surface area contributed by atoms with Crippen molar-refractivity contribution in [3.05, 3.63) is 56.5 Å². The summed E-state index contributed by atoms with van der Waals surface area (Å²) in [6, 6.07) is 9.54. The second-order valence-corrected chi connectivity index (χ2v) is 6.78. The van der Waals surface area contributed by atoms with Crippen LogP contribution in [-0.2, 0) is 11.8 Å². The van der Waals surface area contributed by atoms with E-state index in [0.717, 1.165) is 15.1 Å². The first-order valence-electron chi connectivity index (χ1n) is 6.19. The third-order valence-corrected chi connectivity index (χ3v) is 5.08. The standard InChI is InChI=1S/C15H11ClN2OS2/c1-18-12-6-4-10(16)9-13(12)21-15(18)17-14(19)7-5-11-3-2-8-20-11/h2-9H,1H3/b7-5+,17-15?. The van der Waals surface area contributed by atoms with Gasteiger partial charge in [-0.3, -0.25) is 4.79 Å². The first-order chi connectivity index (χ1) is 10.1. The summed E-state index contributed by atoms with van der Waals surface area (Å²) in [6.07, 6.45) is 3.27. The predicted octanol–water partition coefficient (Wildman–Crippen LogP) is 4.10. The van der Waals surface area contributed by atoms with E-state index in [9.17, 15) is 4.79 Å². The highest BCUT2D eigenvalue weighted by atomic mass is 35.5. The third-order valence-electron chi connectivity index (χ3n) is 2.91. The summed E-state index contributed by atoms with van der Waals surface area (Å²) in [5, 5.41) is 2.65. The molecular formula is C15H11ClN2OS2. The molecule has 21 heavy (non-hydrogen) atoms. The summed E-state index contributed by atoms with van der Waals surface area (Å²) in [4.78, 5) is 17.8. The summed E-state index contributed by atoms with van der Waals surface area (Å²) < 4.78 is 2.91. The van der Waals surface area contributed by atoms with Gasteiger partial charge in [-0.05, 0) is 35.7 Å². The Morgan fingerprint density at radius 2 is 2.24 bits per heavy atom. The summed E-state index contributed by atoms with van der Waals surface area (Å²) in [5.74, 6) is -0.267. The fourth-order valence-corrected chi connectivity index (χ4v) is 3.80. The Hall–Kier alpha value is -1.69. The van der Waals surface area contributed by atoms with E-state index in [1.54, 1.807) is 17.4 Å². The third kappa shape index (κ3) is 3.15. The van der Waals surface area contributed by atoms with Gasteiger partial charge in [-0.25, -0.2) is 0 Å². The molecule has 0 aliphatic heterocycles. The topological polar surface area (TPSA) is 34.4 Å². The van der Waals surface area contributed by atoms with E-state index in [4.69, 9.17) is 11.6 Å². The molecule has 1 amide bonds. The van der Waals surface area contributed by atoms with E-state index < -0.39 is 0 Å². The van der Waals surface area contributed by atoms with Crippen molar-refractivity contribution in [2.24, 2.45) is 12.0 Å². The number of halogens is 1. The van der Waals surface area contributed by atoms with Crippen LogP contribution in [0.25, 0.3) is 16.3 Å². The summed E-state index contributed by atoms with van der Waals surface area (Å²) >= 11 is 9.01. The van der Waals surface area contributed by atoms with Crippen molar-refractivity contribution in [2.75, 3.05) is 0 Å². The smallest absolute Gasteiger partial charge is 0.272 e. The Bertz CT molecular complexity index is 888. The summed E-state index contributed by atoms with van der Waals surface area (Å²) in [6.45, 7) is 0. The van der Waals surface area contributed by atoms with Crippen LogP contribution in [0.4, 0.5) is 0 Å². The molecule has 2 aromatic heterocycles. The predicted molar refractivity (Wildman–Crippen MR) is 89.7 cm³/mol. The molecule has 3 rings (SSSR count). The van der Waals surface area contributed by atoms with Gasteiger partial charge in [0, 0.05) is 23.0 Å². The molecule has 0 aliphatic carbocycles. The molecule has 3 nitrogen and oxygen atoms in total. The largest absolute Gasteiger partial charge is 0.319 e. The highest BCUT2D eigenvalue weighted by Crippen LogP contribution is 2.21. The number of amides is 1. The van der Waals surface area contributed by atoms with Gasteiger partial charge in [-0.15, -0.1) is 11.3 Å². The molecule has 0 unspecified atom stereocenters. The Kier molecular flexibility index (Phi) is 4.05. The molecule has 0 saturated carbocycles. The maximum absolute atomic E-state index is 11.9. The van der Waals surface area contributed by atoms with Crippen molar-refractivity contribution in [3.8, 4) is 0 Å². The van der Waals surface area contributed by atoms with Gasteiger partial charge in [0.1, 0.15) is 0 Å². The number of carbonyl (C=O) groups is 1. The Labute approximate surface area is 134 Å². The van der Waals surface area contributed by atoms with Crippen molar-refractivity contribution in [1.82, 2.24) is 4.57 Å². The van der Waals surface area contributed by atoms with Crippen LogP contribution in [0.5, 0.6) is 0 Å². The molecule has 0 radical (unpaired) electrons. The molecule has 106 valence electrons. The number of hydrogen-bond donors (Lipinski definition) is 0. The number of nitrogens with zero attached hydrogens (tertiary/aromatic N) is 2. The molecule has 2 heterocycles. The zero-order valence-electron chi connectivity index (χ0n) is 11.1. The average molecular weight is 335 g/mol. The molecule has 0 saturated heterocycles. The summed E-state index contributed by atoms with van der Waals surface area (Å²) in [5.41, 5.74) is 1.01. The van der Waals surface area contributed by atoms with Crippen LogP contribution in [0.3, 0.4) is 0 Å². The van der Waals surface area contributed by atoms with E-state index in [0.29, 0.717) is 9.82 Å². The second kappa shape index (κ2) is 5.97. The SMILES string of the molecule is Cn1c(=NC(=O)/C=C/c2cccs2)sc2cc(Cl)ccc21. The van der Waals surface area contributed by atoms with Crippen molar-refractivity contribution >= 4 is 56.5 Å². The van der Waals surface area contributed by atoms with Gasteiger partial charge in [-0.1, -0.05) is 29.0 Å². The van der Waals surface area contributed by atoms with Crippen LogP contribution in [0, 0.1) is 0 Å². The Morgan fingerprint density at radius 1 is 1.38 bits per heavy atom. The van der Waals surface area contributed by atoms with E-state index in [1.165, 1.54) is 17.4 Å². The lowest BCUT2D eigenvalue weighted by molar-refractivity contribution is -0.113. The highest BCUT2D eigenvalue weighted by molar-refractivity contribution is 7.16. The minimum Gasteiger partial charge on any atom is -0.319 e. The van der Waals surface area contributed by atoms with Crippen LogP contribution < -0.4 is 4.80 Å². The zero-order chi connectivity index (χ0) is 14.8. The molecule has 0 N–H and O–H groups in total. The number of thiazole rings is 1. The lowest BCUT2D eigenvalue weighted by Gasteiger charge is -1.94. The number of aryl methyl sites for hydroxylation is 1. The molecule has 0 fully saturated rings. The normalized spacial score (nSPS) is 12.6. The maximum atomic E-state index is 11.9. The number of fused-ring (bicyclic) bond motifs is 1. The maximum Gasteiger partial charge on any atom is 0.272 e. The monoisotopic (exact) mass is 334 g/mol. The molecule has 0 spiro atoms. The van der Waals surface area contributed by atoms with Gasteiger partial charge in [0.15, 0.2) is 4.80 Å². The lowest BCUT2D eigenvalue weighted by atomic mass is 10.3. The van der Waals surface area contributed by atoms with Crippen LogP contribution in [-0.4, -0.2) is 10.5 Å². The van der Waals surface area contributed by atoms with Crippen molar-refractivity contribution in [2.45, 2.75) is 0 Å². The number of aromatic nitrogens is 1. The fraction of sp³-hybridized carbons (Fsp3) is 0.0667. The fourth-order valence-electron chi connectivity index (χ4n) is 1.89. The number of rotatable bonds is 2. The van der Waals surface area contributed by atoms with Gasteiger partial charge >= 0.3 is 0 Å². The number of hydrogen-bond acceptors (Lipinski definition) is 3. The summed E-state index contributed by atoms with van der Waals surface area (Å²) in [7, 11) is 1.89. The Morgan fingerprint density at radius 3 is 3.00 bits per heavy atom. The first-order valence-corrected chi connectivity index (χ1v) is 8.26. The van der Waals surface area contributed by atoms with Gasteiger partial charge in [-0.2, -0.15) is 4.99 Å². The van der Waals surface area contributed by atoms with Crippen LogP contribution in [0.2, 0.25) is 5.02 Å². The Balaban J connectivity index is 1.95. The van der Waals surface area contributed by atoms with Crippen LogP contribution in [0.15, 0.2) is 46.8 Å². The average Bonchev–Trinajstić information content (AvgIpc) is 3.06. The lowest BCUT2D eigenvalue weighted by Crippen LogP contribution is -2.12. The molecule has 0 atom stereocenters. The minimum absolute atomic E-state index is 0.267. The molecular weight excluding hydrogens is 324 g/mol.